The third-order valence-corrected chi connectivity index (χ3v) is 4.22. The molecule has 1 saturated heterocycles. The van der Waals surface area contributed by atoms with E-state index in [2.05, 4.69) is 54.8 Å². The standard InChI is InChI=1S/C19H31N3O/c1-3-5-13-21-19(20-4-2)22-15-17-12-9-14-23-18(17)16-10-7-6-8-11-16/h6-8,10-11,17-18H,3-5,9,12-15H2,1-2H3,(H2,20,21,22). The molecule has 1 fully saturated rings. The average Bonchev–Trinajstić information content (AvgIpc) is 2.61. The number of guanidine groups is 1. The molecular formula is C19H31N3O. The number of nitrogens with one attached hydrogen (secondary N) is 2. The third-order valence-electron chi connectivity index (χ3n) is 4.22. The summed E-state index contributed by atoms with van der Waals surface area (Å²) in [6.07, 6.45) is 4.84. The Bertz CT molecular complexity index is 461. The average molecular weight is 317 g/mol. The van der Waals surface area contributed by atoms with Crippen molar-refractivity contribution in [2.24, 2.45) is 10.9 Å². The quantitative estimate of drug-likeness (QED) is 0.459. The largest absolute Gasteiger partial charge is 0.373 e. The topological polar surface area (TPSA) is 45.7 Å². The summed E-state index contributed by atoms with van der Waals surface area (Å²) >= 11 is 0. The number of ether oxygens (including phenoxy) is 1. The van der Waals surface area contributed by atoms with Crippen LogP contribution in [0.4, 0.5) is 0 Å². The van der Waals surface area contributed by atoms with Crippen molar-refractivity contribution < 1.29 is 4.74 Å². The zero-order valence-electron chi connectivity index (χ0n) is 14.6. The molecule has 2 rings (SSSR count). The maximum Gasteiger partial charge on any atom is 0.191 e. The van der Waals surface area contributed by atoms with E-state index < -0.39 is 0 Å². The Hall–Kier alpha value is -1.55. The van der Waals surface area contributed by atoms with E-state index >= 15 is 0 Å². The van der Waals surface area contributed by atoms with Crippen LogP contribution in [0.2, 0.25) is 0 Å². The van der Waals surface area contributed by atoms with Crippen LogP contribution in [0.25, 0.3) is 0 Å². The molecular weight excluding hydrogens is 286 g/mol. The van der Waals surface area contributed by atoms with Crippen molar-refractivity contribution in [1.29, 1.82) is 0 Å². The van der Waals surface area contributed by atoms with Crippen molar-refractivity contribution in [3.05, 3.63) is 35.9 Å². The molecule has 0 aliphatic carbocycles. The van der Waals surface area contributed by atoms with Crippen LogP contribution in [0, 0.1) is 5.92 Å². The molecule has 23 heavy (non-hydrogen) atoms. The first-order valence-corrected chi connectivity index (χ1v) is 9.03. The highest BCUT2D eigenvalue weighted by molar-refractivity contribution is 5.79. The molecule has 1 aromatic rings. The second-order valence-electron chi connectivity index (χ2n) is 6.10. The minimum absolute atomic E-state index is 0.173. The van der Waals surface area contributed by atoms with Gasteiger partial charge in [-0.25, -0.2) is 0 Å². The number of nitrogens with zero attached hydrogens (tertiary/aromatic N) is 1. The Kier molecular flexibility index (Phi) is 7.95. The van der Waals surface area contributed by atoms with Crippen LogP contribution in [0.5, 0.6) is 0 Å². The maximum atomic E-state index is 6.06. The Morgan fingerprint density at radius 2 is 2.04 bits per heavy atom. The fourth-order valence-corrected chi connectivity index (χ4v) is 2.98. The van der Waals surface area contributed by atoms with E-state index in [0.717, 1.165) is 38.6 Å². The SMILES string of the molecule is CCCCNC(=NCC1CCCOC1c1ccccc1)NCC. The summed E-state index contributed by atoms with van der Waals surface area (Å²) in [5, 5.41) is 6.75. The van der Waals surface area contributed by atoms with E-state index in [0.29, 0.717) is 5.92 Å². The summed E-state index contributed by atoms with van der Waals surface area (Å²) in [5.41, 5.74) is 1.27. The number of aliphatic imine (C=N–C) groups is 1. The van der Waals surface area contributed by atoms with E-state index in [4.69, 9.17) is 9.73 Å². The normalized spacial score (nSPS) is 21.9. The number of hydrogen-bond donors (Lipinski definition) is 2. The van der Waals surface area contributed by atoms with Crippen LogP contribution in [0.3, 0.4) is 0 Å². The number of unbranched alkanes of at least 4 members (excludes halogenated alkanes) is 1. The summed E-state index contributed by atoms with van der Waals surface area (Å²) < 4.78 is 6.06. The second kappa shape index (κ2) is 10.3. The molecule has 0 bridgehead atoms. The lowest BCUT2D eigenvalue weighted by Crippen LogP contribution is -2.38. The lowest BCUT2D eigenvalue weighted by atomic mass is 9.89. The third kappa shape index (κ3) is 5.87. The molecule has 1 heterocycles. The van der Waals surface area contributed by atoms with Crippen LogP contribution < -0.4 is 10.6 Å². The Morgan fingerprint density at radius 3 is 2.78 bits per heavy atom. The summed E-state index contributed by atoms with van der Waals surface area (Å²) in [6.45, 7) is 7.84. The van der Waals surface area contributed by atoms with Gasteiger partial charge in [0.05, 0.1) is 6.10 Å². The number of rotatable bonds is 7. The minimum Gasteiger partial charge on any atom is -0.373 e. The lowest BCUT2D eigenvalue weighted by Gasteiger charge is -2.31. The van der Waals surface area contributed by atoms with Crippen molar-refractivity contribution in [3.8, 4) is 0 Å². The van der Waals surface area contributed by atoms with Crippen LogP contribution in [-0.4, -0.2) is 32.2 Å². The van der Waals surface area contributed by atoms with Gasteiger partial charge in [-0.05, 0) is 31.7 Å². The van der Waals surface area contributed by atoms with E-state index in [-0.39, 0.29) is 6.10 Å². The van der Waals surface area contributed by atoms with Crippen LogP contribution in [0.15, 0.2) is 35.3 Å². The first kappa shape index (κ1) is 17.8. The first-order chi connectivity index (χ1) is 11.3. The summed E-state index contributed by atoms with van der Waals surface area (Å²) in [5.74, 6) is 1.38. The fraction of sp³-hybridized carbons (Fsp3) is 0.632. The molecule has 4 heteroatoms. The summed E-state index contributed by atoms with van der Waals surface area (Å²) in [6, 6.07) is 10.6. The Balaban J connectivity index is 1.97. The van der Waals surface area contributed by atoms with Gasteiger partial charge in [-0.1, -0.05) is 43.7 Å². The molecule has 2 unspecified atom stereocenters. The number of hydrogen-bond acceptors (Lipinski definition) is 2. The molecule has 0 saturated carbocycles. The molecule has 2 atom stereocenters. The van der Waals surface area contributed by atoms with Crippen molar-refractivity contribution in [2.45, 2.75) is 45.6 Å². The molecule has 0 spiro atoms. The van der Waals surface area contributed by atoms with Gasteiger partial charge in [0.25, 0.3) is 0 Å². The second-order valence-corrected chi connectivity index (χ2v) is 6.10. The molecule has 4 nitrogen and oxygen atoms in total. The van der Waals surface area contributed by atoms with Gasteiger partial charge in [0.1, 0.15) is 0 Å². The van der Waals surface area contributed by atoms with Crippen LogP contribution >= 0.6 is 0 Å². The van der Waals surface area contributed by atoms with E-state index in [1.54, 1.807) is 0 Å². The van der Waals surface area contributed by atoms with Crippen molar-refractivity contribution in [1.82, 2.24) is 10.6 Å². The first-order valence-electron chi connectivity index (χ1n) is 9.03. The van der Waals surface area contributed by atoms with Gasteiger partial charge in [-0.3, -0.25) is 4.99 Å². The molecule has 2 N–H and O–H groups in total. The molecule has 128 valence electrons. The number of benzene rings is 1. The predicted octanol–water partition coefficient (Wildman–Crippen LogP) is 3.51. The molecule has 0 aromatic heterocycles. The maximum absolute atomic E-state index is 6.06. The van der Waals surface area contributed by atoms with Crippen molar-refractivity contribution >= 4 is 5.96 Å². The van der Waals surface area contributed by atoms with Gasteiger partial charge in [0.15, 0.2) is 5.96 Å². The van der Waals surface area contributed by atoms with Crippen LogP contribution in [-0.2, 0) is 4.74 Å². The van der Waals surface area contributed by atoms with Gasteiger partial charge in [-0.15, -0.1) is 0 Å². The van der Waals surface area contributed by atoms with Gasteiger partial charge >= 0.3 is 0 Å². The van der Waals surface area contributed by atoms with Crippen molar-refractivity contribution in [3.63, 3.8) is 0 Å². The smallest absolute Gasteiger partial charge is 0.191 e. The summed E-state index contributed by atoms with van der Waals surface area (Å²) in [4.78, 5) is 4.80. The van der Waals surface area contributed by atoms with Crippen LogP contribution in [0.1, 0.15) is 51.2 Å². The molecule has 0 amide bonds. The predicted molar refractivity (Wildman–Crippen MR) is 96.7 cm³/mol. The van der Waals surface area contributed by atoms with Gasteiger partial charge in [0, 0.05) is 32.2 Å². The molecule has 1 aliphatic rings. The minimum atomic E-state index is 0.173. The van der Waals surface area contributed by atoms with Gasteiger partial charge < -0.3 is 15.4 Å². The molecule has 0 radical (unpaired) electrons. The highest BCUT2D eigenvalue weighted by Gasteiger charge is 2.27. The van der Waals surface area contributed by atoms with E-state index in [9.17, 15) is 0 Å². The highest BCUT2D eigenvalue weighted by atomic mass is 16.5. The van der Waals surface area contributed by atoms with Gasteiger partial charge in [0.2, 0.25) is 0 Å². The Labute approximate surface area is 140 Å². The summed E-state index contributed by atoms with van der Waals surface area (Å²) in [7, 11) is 0. The van der Waals surface area contributed by atoms with Gasteiger partial charge in [-0.2, -0.15) is 0 Å². The molecule has 1 aliphatic heterocycles. The lowest BCUT2D eigenvalue weighted by molar-refractivity contribution is -0.0250. The van der Waals surface area contributed by atoms with Crippen molar-refractivity contribution in [2.75, 3.05) is 26.2 Å². The van der Waals surface area contributed by atoms with E-state index in [1.807, 2.05) is 0 Å². The van der Waals surface area contributed by atoms with E-state index in [1.165, 1.54) is 24.8 Å². The monoisotopic (exact) mass is 317 g/mol. The highest BCUT2D eigenvalue weighted by Crippen LogP contribution is 2.33. The fourth-order valence-electron chi connectivity index (χ4n) is 2.98. The Morgan fingerprint density at radius 1 is 1.22 bits per heavy atom. The zero-order chi connectivity index (χ0) is 16.3. The zero-order valence-corrected chi connectivity index (χ0v) is 14.6. The molecule has 1 aromatic carbocycles.